The number of ether oxygens (including phenoxy) is 1. The molecule has 3 nitrogen and oxygen atoms in total. The summed E-state index contributed by atoms with van der Waals surface area (Å²) in [5.74, 6) is 0.848. The number of hydrogen-bond donors (Lipinski definition) is 1. The Morgan fingerprint density at radius 1 is 1.47 bits per heavy atom. The molecule has 0 radical (unpaired) electrons. The smallest absolute Gasteiger partial charge is 0.326 e. The van der Waals surface area contributed by atoms with Crippen LogP contribution in [0.2, 0.25) is 0 Å². The standard InChI is InChI=1S/C15H23ClO3/c1-3-13(2,16)12(17)19-9-14-5-10-4-11(14)7-15(18,6-10)8-14/h10-11,18H,3-9H2,1-2H3. The van der Waals surface area contributed by atoms with Gasteiger partial charge in [-0.2, -0.15) is 0 Å². The second kappa shape index (κ2) is 4.11. The number of aliphatic hydroxyl groups is 1. The average molecular weight is 287 g/mol. The van der Waals surface area contributed by atoms with E-state index in [4.69, 9.17) is 16.3 Å². The highest BCUT2D eigenvalue weighted by Gasteiger charge is 2.64. The predicted octanol–water partition coefficient (Wildman–Crippen LogP) is 2.88. The topological polar surface area (TPSA) is 46.5 Å². The van der Waals surface area contributed by atoms with Gasteiger partial charge in [0.05, 0.1) is 12.2 Å². The summed E-state index contributed by atoms with van der Waals surface area (Å²) in [6.45, 7) is 4.04. The molecule has 1 N–H and O–H groups in total. The summed E-state index contributed by atoms with van der Waals surface area (Å²) in [4.78, 5) is 11.1. The minimum absolute atomic E-state index is 0.0358. The number of carbonyl (C=O) groups is 1. The third-order valence-corrected chi connectivity index (χ3v) is 6.16. The van der Waals surface area contributed by atoms with Crippen molar-refractivity contribution in [1.29, 1.82) is 0 Å². The average Bonchev–Trinajstić information content (AvgIpc) is 2.68. The minimum atomic E-state index is -0.914. The van der Waals surface area contributed by atoms with Crippen LogP contribution in [0.4, 0.5) is 0 Å². The van der Waals surface area contributed by atoms with Crippen LogP contribution in [0, 0.1) is 17.3 Å². The van der Waals surface area contributed by atoms with Crippen LogP contribution < -0.4 is 0 Å². The van der Waals surface area contributed by atoms with Crippen molar-refractivity contribution >= 4 is 17.6 Å². The van der Waals surface area contributed by atoms with Gasteiger partial charge in [-0.05, 0) is 57.3 Å². The summed E-state index contributed by atoms with van der Waals surface area (Å²) in [5.41, 5.74) is -0.443. The van der Waals surface area contributed by atoms with Gasteiger partial charge in [-0.15, -0.1) is 11.6 Å². The van der Waals surface area contributed by atoms with Crippen LogP contribution in [0.3, 0.4) is 0 Å². The quantitative estimate of drug-likeness (QED) is 0.638. The summed E-state index contributed by atoms with van der Waals surface area (Å²) in [7, 11) is 0. The second-order valence-electron chi connectivity index (χ2n) is 7.30. The largest absolute Gasteiger partial charge is 0.464 e. The summed E-state index contributed by atoms with van der Waals surface area (Å²) in [5, 5.41) is 10.5. The molecule has 4 fully saturated rings. The van der Waals surface area contributed by atoms with E-state index < -0.39 is 10.5 Å². The lowest BCUT2D eigenvalue weighted by atomic mass is 9.74. The van der Waals surface area contributed by atoms with Crippen LogP contribution in [0.15, 0.2) is 0 Å². The fourth-order valence-corrected chi connectivity index (χ4v) is 4.81. The molecule has 4 heteroatoms. The van der Waals surface area contributed by atoms with Crippen molar-refractivity contribution in [2.75, 3.05) is 6.61 Å². The molecule has 0 amide bonds. The highest BCUT2D eigenvalue weighted by atomic mass is 35.5. The van der Waals surface area contributed by atoms with Crippen LogP contribution in [-0.2, 0) is 9.53 Å². The molecule has 4 aliphatic rings. The third-order valence-electron chi connectivity index (χ3n) is 5.74. The molecule has 108 valence electrons. The summed E-state index contributed by atoms with van der Waals surface area (Å²) < 4.78 is 5.52. The summed E-state index contributed by atoms with van der Waals surface area (Å²) in [6.07, 6.45) is 5.52. The molecule has 0 aromatic heterocycles. The van der Waals surface area contributed by atoms with E-state index in [1.165, 1.54) is 6.42 Å². The number of esters is 1. The molecule has 0 spiro atoms. The van der Waals surface area contributed by atoms with Gasteiger partial charge in [0.15, 0.2) is 0 Å². The summed E-state index contributed by atoms with van der Waals surface area (Å²) in [6, 6.07) is 0. The Balaban J connectivity index is 1.67. The lowest BCUT2D eigenvalue weighted by Crippen LogP contribution is -2.39. The number of halogens is 1. The molecule has 0 aliphatic heterocycles. The van der Waals surface area contributed by atoms with Crippen molar-refractivity contribution in [3.05, 3.63) is 0 Å². The zero-order chi connectivity index (χ0) is 13.9. The molecular weight excluding hydrogens is 264 g/mol. The first-order valence-corrected chi connectivity index (χ1v) is 7.75. The fraction of sp³-hybridized carbons (Fsp3) is 0.933. The molecule has 19 heavy (non-hydrogen) atoms. The predicted molar refractivity (Wildman–Crippen MR) is 73.0 cm³/mol. The number of rotatable bonds is 4. The molecule has 0 aromatic carbocycles. The van der Waals surface area contributed by atoms with Gasteiger partial charge >= 0.3 is 5.97 Å². The maximum atomic E-state index is 12.0. The SMILES string of the molecule is CCC(C)(Cl)C(=O)OCC12CC3CC1CC(O)(C3)C2. The minimum Gasteiger partial charge on any atom is -0.464 e. The van der Waals surface area contributed by atoms with Crippen LogP contribution in [-0.4, -0.2) is 28.2 Å². The van der Waals surface area contributed by atoms with E-state index in [9.17, 15) is 9.90 Å². The van der Waals surface area contributed by atoms with Crippen LogP contribution in [0.25, 0.3) is 0 Å². The Hall–Kier alpha value is -0.280. The molecule has 4 bridgehead atoms. The van der Waals surface area contributed by atoms with Crippen LogP contribution in [0.5, 0.6) is 0 Å². The molecule has 0 heterocycles. The van der Waals surface area contributed by atoms with E-state index >= 15 is 0 Å². The molecule has 5 unspecified atom stereocenters. The summed E-state index contributed by atoms with van der Waals surface area (Å²) >= 11 is 6.14. The van der Waals surface area contributed by atoms with Crippen molar-refractivity contribution < 1.29 is 14.6 Å². The van der Waals surface area contributed by atoms with Gasteiger partial charge in [-0.1, -0.05) is 6.92 Å². The van der Waals surface area contributed by atoms with Crippen molar-refractivity contribution in [2.45, 2.75) is 62.8 Å². The van der Waals surface area contributed by atoms with E-state index in [0.29, 0.717) is 24.9 Å². The van der Waals surface area contributed by atoms with Gasteiger partial charge in [0.2, 0.25) is 0 Å². The normalized spacial score (nSPS) is 46.3. The van der Waals surface area contributed by atoms with Gasteiger partial charge in [0.25, 0.3) is 0 Å². The van der Waals surface area contributed by atoms with Crippen LogP contribution >= 0.6 is 11.6 Å². The lowest BCUT2D eigenvalue weighted by molar-refractivity contribution is -0.151. The Morgan fingerprint density at radius 3 is 2.84 bits per heavy atom. The van der Waals surface area contributed by atoms with Crippen molar-refractivity contribution in [3.63, 3.8) is 0 Å². The molecule has 4 saturated carbocycles. The monoisotopic (exact) mass is 286 g/mol. The molecule has 4 rings (SSSR count). The van der Waals surface area contributed by atoms with E-state index in [2.05, 4.69) is 0 Å². The first-order chi connectivity index (χ1) is 8.79. The molecule has 5 atom stereocenters. The molecule has 4 aliphatic carbocycles. The zero-order valence-corrected chi connectivity index (χ0v) is 12.5. The zero-order valence-electron chi connectivity index (χ0n) is 11.7. The van der Waals surface area contributed by atoms with E-state index in [-0.39, 0.29) is 11.4 Å². The highest BCUT2D eigenvalue weighted by Crippen LogP contribution is 2.66. The maximum absolute atomic E-state index is 12.0. The van der Waals surface area contributed by atoms with Crippen LogP contribution in [0.1, 0.15) is 52.4 Å². The number of alkyl halides is 1. The Kier molecular flexibility index (Phi) is 2.96. The van der Waals surface area contributed by atoms with Gasteiger partial charge in [0.1, 0.15) is 4.87 Å². The Morgan fingerprint density at radius 2 is 2.21 bits per heavy atom. The number of hydrogen-bond acceptors (Lipinski definition) is 3. The van der Waals surface area contributed by atoms with Crippen molar-refractivity contribution in [2.24, 2.45) is 17.3 Å². The lowest BCUT2D eigenvalue weighted by Gasteiger charge is -2.37. The van der Waals surface area contributed by atoms with E-state index in [0.717, 1.165) is 25.7 Å². The van der Waals surface area contributed by atoms with Crippen molar-refractivity contribution in [1.82, 2.24) is 0 Å². The second-order valence-corrected chi connectivity index (χ2v) is 8.14. The fourth-order valence-electron chi connectivity index (χ4n) is 4.76. The number of carbonyl (C=O) groups excluding carboxylic acids is 1. The highest BCUT2D eigenvalue weighted by molar-refractivity contribution is 6.33. The molecule has 0 saturated heterocycles. The first-order valence-electron chi connectivity index (χ1n) is 7.37. The molecule has 0 aromatic rings. The maximum Gasteiger partial charge on any atom is 0.326 e. The van der Waals surface area contributed by atoms with Gasteiger partial charge < -0.3 is 9.84 Å². The van der Waals surface area contributed by atoms with Gasteiger partial charge in [-0.3, -0.25) is 4.79 Å². The van der Waals surface area contributed by atoms with Gasteiger partial charge in [-0.25, -0.2) is 0 Å². The Labute approximate surface area is 119 Å². The Bertz CT molecular complexity index is 408. The van der Waals surface area contributed by atoms with Crippen molar-refractivity contribution in [3.8, 4) is 0 Å². The van der Waals surface area contributed by atoms with E-state index in [1.54, 1.807) is 6.92 Å². The van der Waals surface area contributed by atoms with Gasteiger partial charge in [0, 0.05) is 5.41 Å². The van der Waals surface area contributed by atoms with E-state index in [1.807, 2.05) is 6.92 Å². The third kappa shape index (κ3) is 2.09. The first kappa shape index (κ1) is 13.7. The molecular formula is C15H23ClO3.